The number of halogens is 1. The van der Waals surface area contributed by atoms with Gasteiger partial charge in [0, 0.05) is 24.2 Å². The van der Waals surface area contributed by atoms with E-state index in [9.17, 15) is 19.4 Å². The van der Waals surface area contributed by atoms with Crippen molar-refractivity contribution in [3.05, 3.63) is 29.6 Å². The maximum absolute atomic E-state index is 14.9. The van der Waals surface area contributed by atoms with Crippen LogP contribution in [0.2, 0.25) is 0 Å². The molecular weight excluding hydrogens is 339 g/mol. The first-order valence-electron chi connectivity index (χ1n) is 9.06. The van der Waals surface area contributed by atoms with Gasteiger partial charge in [-0.2, -0.15) is 0 Å². The summed E-state index contributed by atoms with van der Waals surface area (Å²) in [5.41, 5.74) is -0.312. The van der Waals surface area contributed by atoms with Gasteiger partial charge in [0.25, 0.3) is 0 Å². The molecule has 2 atom stereocenters. The van der Waals surface area contributed by atoms with Crippen LogP contribution in [0.25, 0.3) is 0 Å². The van der Waals surface area contributed by atoms with E-state index < -0.39 is 29.6 Å². The fraction of sp³-hybridized carbons (Fsp3) is 0.611. The number of carboxylic acid groups (broad SMARTS) is 1. The van der Waals surface area contributed by atoms with Gasteiger partial charge in [-0.15, -0.1) is 5.11 Å². The number of aliphatic hydroxyl groups is 1. The molecule has 3 saturated heterocycles. The first-order chi connectivity index (χ1) is 12.4. The van der Waals surface area contributed by atoms with Gasteiger partial charge >= 0.3 is 6.09 Å². The van der Waals surface area contributed by atoms with Crippen molar-refractivity contribution in [3.63, 3.8) is 0 Å². The molecule has 1 aromatic carbocycles. The summed E-state index contributed by atoms with van der Waals surface area (Å²) >= 11 is 0. The van der Waals surface area contributed by atoms with Crippen LogP contribution in [0, 0.1) is 11.7 Å². The standard InChI is InChI=1S/C18H23FN4O3/c1-18-9-11(10-18)15(23(18)17(25)26)16(24)12-5-4-6-13(14(12)19)20-21-22-7-2-3-8-22/h4-6,11,15-16,24H,2-3,7-10H2,1H3,(H,25,26)/b21-20+/t11?,15-,16?,18?/m0/s1. The Morgan fingerprint density at radius 2 is 2.04 bits per heavy atom. The summed E-state index contributed by atoms with van der Waals surface area (Å²) in [5.74, 6) is -0.581. The number of hydrogen-bond acceptors (Lipinski definition) is 4. The molecule has 1 saturated carbocycles. The molecule has 140 valence electrons. The minimum atomic E-state index is -1.22. The number of nitrogens with zero attached hydrogens (tertiary/aromatic N) is 4. The van der Waals surface area contributed by atoms with Gasteiger partial charge in [-0.25, -0.2) is 9.18 Å². The van der Waals surface area contributed by atoms with Crippen molar-refractivity contribution in [1.82, 2.24) is 9.91 Å². The summed E-state index contributed by atoms with van der Waals surface area (Å²) in [6.07, 6.45) is 1.22. The molecule has 26 heavy (non-hydrogen) atoms. The van der Waals surface area contributed by atoms with E-state index in [1.807, 2.05) is 6.92 Å². The zero-order chi connectivity index (χ0) is 18.5. The first-order valence-corrected chi connectivity index (χ1v) is 9.06. The molecule has 7 nitrogen and oxygen atoms in total. The second-order valence-electron chi connectivity index (χ2n) is 7.78. The number of benzene rings is 1. The molecule has 1 aromatic rings. The number of carbonyl (C=O) groups is 1. The zero-order valence-corrected chi connectivity index (χ0v) is 14.7. The molecule has 4 aliphatic rings. The highest BCUT2D eigenvalue weighted by molar-refractivity contribution is 5.68. The quantitative estimate of drug-likeness (QED) is 0.803. The maximum Gasteiger partial charge on any atom is 0.408 e. The van der Waals surface area contributed by atoms with Crippen molar-refractivity contribution in [3.8, 4) is 0 Å². The Bertz CT molecular complexity index is 744. The summed E-state index contributed by atoms with van der Waals surface area (Å²) in [7, 11) is 0. The zero-order valence-electron chi connectivity index (χ0n) is 14.7. The van der Waals surface area contributed by atoms with Gasteiger partial charge in [-0.1, -0.05) is 17.4 Å². The van der Waals surface area contributed by atoms with Crippen molar-refractivity contribution in [2.24, 2.45) is 16.3 Å². The molecule has 0 radical (unpaired) electrons. The molecule has 5 rings (SSSR count). The molecule has 1 amide bonds. The van der Waals surface area contributed by atoms with Crippen LogP contribution in [0.15, 0.2) is 28.5 Å². The molecule has 3 aliphatic heterocycles. The van der Waals surface area contributed by atoms with E-state index in [-0.39, 0.29) is 17.2 Å². The van der Waals surface area contributed by atoms with Gasteiger partial charge in [-0.05, 0) is 44.6 Å². The SMILES string of the molecule is CC12CC(C1)[C@@H](C(O)c1cccc(/N=N/N3CCCC3)c1F)N2C(=O)O. The van der Waals surface area contributed by atoms with Crippen LogP contribution in [0.4, 0.5) is 14.9 Å². The van der Waals surface area contributed by atoms with Crippen molar-refractivity contribution in [2.75, 3.05) is 13.1 Å². The average Bonchev–Trinajstić information content (AvgIpc) is 3.25. The monoisotopic (exact) mass is 362 g/mol. The van der Waals surface area contributed by atoms with Crippen molar-refractivity contribution < 1.29 is 19.4 Å². The van der Waals surface area contributed by atoms with E-state index in [1.165, 1.54) is 17.0 Å². The Labute approximate surface area is 151 Å². The lowest BCUT2D eigenvalue weighted by Crippen LogP contribution is -2.47. The molecule has 2 bridgehead atoms. The van der Waals surface area contributed by atoms with Crippen molar-refractivity contribution >= 4 is 11.8 Å². The van der Waals surface area contributed by atoms with Crippen LogP contribution in [0.1, 0.15) is 44.3 Å². The van der Waals surface area contributed by atoms with Gasteiger partial charge in [0.2, 0.25) is 0 Å². The van der Waals surface area contributed by atoms with Gasteiger partial charge in [0.1, 0.15) is 11.8 Å². The Morgan fingerprint density at radius 3 is 2.69 bits per heavy atom. The molecule has 1 aliphatic carbocycles. The lowest BCUT2D eigenvalue weighted by molar-refractivity contribution is 0.0499. The van der Waals surface area contributed by atoms with Crippen molar-refractivity contribution in [1.29, 1.82) is 0 Å². The van der Waals surface area contributed by atoms with Crippen LogP contribution < -0.4 is 0 Å². The predicted molar refractivity (Wildman–Crippen MR) is 91.5 cm³/mol. The van der Waals surface area contributed by atoms with Crippen LogP contribution >= 0.6 is 0 Å². The van der Waals surface area contributed by atoms with Crippen LogP contribution in [0.5, 0.6) is 0 Å². The van der Waals surface area contributed by atoms with Crippen molar-refractivity contribution in [2.45, 2.75) is 50.3 Å². The predicted octanol–water partition coefficient (Wildman–Crippen LogP) is 3.48. The van der Waals surface area contributed by atoms with E-state index >= 15 is 0 Å². The smallest absolute Gasteiger partial charge is 0.408 e. The summed E-state index contributed by atoms with van der Waals surface area (Å²) < 4.78 is 14.9. The van der Waals surface area contributed by atoms with E-state index in [1.54, 1.807) is 11.1 Å². The second-order valence-corrected chi connectivity index (χ2v) is 7.78. The second kappa shape index (κ2) is 6.19. The minimum Gasteiger partial charge on any atom is -0.465 e. The Hall–Kier alpha value is -2.22. The summed E-state index contributed by atoms with van der Waals surface area (Å²) in [4.78, 5) is 13.0. The molecule has 3 heterocycles. The van der Waals surface area contributed by atoms with Gasteiger partial charge in [0.05, 0.1) is 6.04 Å². The lowest BCUT2D eigenvalue weighted by Gasteiger charge is -2.37. The number of rotatable bonds is 4. The Kier molecular flexibility index (Phi) is 4.10. The molecule has 0 aromatic heterocycles. The normalized spacial score (nSPS) is 31.5. The van der Waals surface area contributed by atoms with E-state index in [4.69, 9.17) is 0 Å². The summed E-state index contributed by atoms with van der Waals surface area (Å²) in [5, 5.41) is 30.2. The molecule has 4 fully saturated rings. The third-order valence-electron chi connectivity index (χ3n) is 5.98. The average molecular weight is 362 g/mol. The van der Waals surface area contributed by atoms with Gasteiger partial charge in [0.15, 0.2) is 5.82 Å². The highest BCUT2D eigenvalue weighted by Gasteiger charge is 2.63. The topological polar surface area (TPSA) is 88.7 Å². The number of fused-ring (bicyclic) bond motifs is 1. The number of aliphatic hydroxyl groups excluding tert-OH is 1. The number of hydrogen-bond donors (Lipinski definition) is 2. The van der Waals surface area contributed by atoms with E-state index in [0.717, 1.165) is 25.9 Å². The lowest BCUT2D eigenvalue weighted by atomic mass is 9.72. The molecule has 8 heteroatoms. The largest absolute Gasteiger partial charge is 0.465 e. The fourth-order valence-electron chi connectivity index (χ4n) is 4.76. The first kappa shape index (κ1) is 17.2. The van der Waals surface area contributed by atoms with E-state index in [0.29, 0.717) is 12.8 Å². The van der Waals surface area contributed by atoms with Crippen LogP contribution in [0.3, 0.4) is 0 Å². The molecule has 2 N–H and O–H groups in total. The highest BCUT2D eigenvalue weighted by Crippen LogP contribution is 2.57. The van der Waals surface area contributed by atoms with Gasteiger partial charge in [-0.3, -0.25) is 9.91 Å². The highest BCUT2D eigenvalue weighted by atomic mass is 19.1. The Balaban J connectivity index is 1.59. The van der Waals surface area contributed by atoms with E-state index in [2.05, 4.69) is 10.3 Å². The van der Waals surface area contributed by atoms with Crippen LogP contribution in [-0.4, -0.2) is 50.9 Å². The maximum atomic E-state index is 14.9. The number of amides is 1. The minimum absolute atomic E-state index is 0.0559. The summed E-state index contributed by atoms with van der Waals surface area (Å²) in [6, 6.07) is 3.99. The summed E-state index contributed by atoms with van der Waals surface area (Å²) in [6.45, 7) is 3.49. The molecule has 1 unspecified atom stereocenters. The Morgan fingerprint density at radius 1 is 1.35 bits per heavy atom. The fourth-order valence-corrected chi connectivity index (χ4v) is 4.76. The van der Waals surface area contributed by atoms with Gasteiger partial charge < -0.3 is 10.2 Å². The molecular formula is C18H23FN4O3. The third-order valence-corrected chi connectivity index (χ3v) is 5.98. The molecule has 0 spiro atoms. The van der Waals surface area contributed by atoms with Crippen LogP contribution in [-0.2, 0) is 0 Å². The third kappa shape index (κ3) is 2.63.